The SMILES string of the molecule is CC(Nc1nc2c(cc1C(=O)O)CCCC2)c1cccs1. The van der Waals surface area contributed by atoms with E-state index < -0.39 is 5.97 Å². The Kier molecular flexibility index (Phi) is 3.92. The molecule has 110 valence electrons. The van der Waals surface area contributed by atoms with Crippen molar-refractivity contribution in [1.29, 1.82) is 0 Å². The number of fused-ring (bicyclic) bond motifs is 1. The van der Waals surface area contributed by atoms with E-state index >= 15 is 0 Å². The monoisotopic (exact) mass is 302 g/mol. The van der Waals surface area contributed by atoms with E-state index in [1.807, 2.05) is 24.4 Å². The Morgan fingerprint density at radius 3 is 2.95 bits per heavy atom. The van der Waals surface area contributed by atoms with Gasteiger partial charge in [-0.25, -0.2) is 9.78 Å². The number of nitrogens with one attached hydrogen (secondary N) is 1. The number of thiophene rings is 1. The highest BCUT2D eigenvalue weighted by Crippen LogP contribution is 2.28. The normalized spacial score (nSPS) is 15.3. The van der Waals surface area contributed by atoms with Crippen LogP contribution in [0.1, 0.15) is 52.3 Å². The molecule has 0 radical (unpaired) electrons. The smallest absolute Gasteiger partial charge is 0.339 e. The minimum atomic E-state index is -0.920. The average Bonchev–Trinajstić information content (AvgIpc) is 3.00. The number of anilines is 1. The number of pyridine rings is 1. The molecule has 0 spiro atoms. The molecule has 1 aliphatic carbocycles. The molecule has 4 nitrogen and oxygen atoms in total. The molecule has 0 saturated carbocycles. The lowest BCUT2D eigenvalue weighted by atomic mass is 9.94. The summed E-state index contributed by atoms with van der Waals surface area (Å²) in [6.45, 7) is 2.03. The molecule has 0 aliphatic heterocycles. The summed E-state index contributed by atoms with van der Waals surface area (Å²) in [5, 5.41) is 14.7. The highest BCUT2D eigenvalue weighted by molar-refractivity contribution is 7.10. The molecule has 1 unspecified atom stereocenters. The fourth-order valence-corrected chi connectivity index (χ4v) is 3.46. The van der Waals surface area contributed by atoms with Crippen LogP contribution in [0.3, 0.4) is 0 Å². The molecule has 0 aromatic carbocycles. The van der Waals surface area contributed by atoms with E-state index in [1.54, 1.807) is 17.4 Å². The predicted molar refractivity (Wildman–Crippen MR) is 84.2 cm³/mol. The molecule has 0 bridgehead atoms. The summed E-state index contributed by atoms with van der Waals surface area (Å²) in [5.41, 5.74) is 2.42. The summed E-state index contributed by atoms with van der Waals surface area (Å²) >= 11 is 1.66. The molecule has 2 heterocycles. The second kappa shape index (κ2) is 5.85. The molecule has 1 aliphatic rings. The Morgan fingerprint density at radius 2 is 2.24 bits per heavy atom. The third-order valence-corrected chi connectivity index (χ3v) is 4.91. The van der Waals surface area contributed by atoms with Gasteiger partial charge in [-0.05, 0) is 55.7 Å². The number of aryl methyl sites for hydroxylation is 2. The first-order valence-electron chi connectivity index (χ1n) is 7.21. The molecule has 0 saturated heterocycles. The second-order valence-corrected chi connectivity index (χ2v) is 6.36. The lowest BCUT2D eigenvalue weighted by Gasteiger charge is -2.20. The van der Waals surface area contributed by atoms with Gasteiger partial charge in [0.15, 0.2) is 0 Å². The summed E-state index contributed by atoms with van der Waals surface area (Å²) in [5.74, 6) is -0.430. The van der Waals surface area contributed by atoms with Gasteiger partial charge in [0.05, 0.1) is 6.04 Å². The topological polar surface area (TPSA) is 62.2 Å². The van der Waals surface area contributed by atoms with Crippen LogP contribution in [-0.4, -0.2) is 16.1 Å². The van der Waals surface area contributed by atoms with Crippen molar-refractivity contribution in [3.63, 3.8) is 0 Å². The summed E-state index contributed by atoms with van der Waals surface area (Å²) in [7, 11) is 0. The van der Waals surface area contributed by atoms with Crippen molar-refractivity contribution in [2.75, 3.05) is 5.32 Å². The standard InChI is InChI=1S/C16H18N2O2S/c1-10(14-7-4-8-21-14)17-15-12(16(19)20)9-11-5-2-3-6-13(11)18-15/h4,7-10H,2-3,5-6H2,1H3,(H,17,18)(H,19,20). The fourth-order valence-electron chi connectivity index (χ4n) is 2.72. The zero-order valence-corrected chi connectivity index (χ0v) is 12.7. The molecule has 0 fully saturated rings. The third-order valence-electron chi connectivity index (χ3n) is 3.85. The first-order valence-corrected chi connectivity index (χ1v) is 8.09. The van der Waals surface area contributed by atoms with Crippen LogP contribution in [0, 0.1) is 0 Å². The Bertz CT molecular complexity index is 653. The van der Waals surface area contributed by atoms with Gasteiger partial charge in [-0.15, -0.1) is 11.3 Å². The maximum absolute atomic E-state index is 11.5. The van der Waals surface area contributed by atoms with Crippen molar-refractivity contribution in [2.24, 2.45) is 0 Å². The lowest BCUT2D eigenvalue weighted by molar-refractivity contribution is 0.0697. The highest BCUT2D eigenvalue weighted by atomic mass is 32.1. The molecule has 1 atom stereocenters. The van der Waals surface area contributed by atoms with E-state index in [-0.39, 0.29) is 11.6 Å². The highest BCUT2D eigenvalue weighted by Gasteiger charge is 2.20. The van der Waals surface area contributed by atoms with Crippen molar-refractivity contribution < 1.29 is 9.90 Å². The van der Waals surface area contributed by atoms with Gasteiger partial charge < -0.3 is 10.4 Å². The number of nitrogens with zero attached hydrogens (tertiary/aromatic N) is 1. The van der Waals surface area contributed by atoms with Crippen molar-refractivity contribution >= 4 is 23.1 Å². The Balaban J connectivity index is 1.94. The van der Waals surface area contributed by atoms with E-state index in [0.29, 0.717) is 5.82 Å². The summed E-state index contributed by atoms with van der Waals surface area (Å²) in [4.78, 5) is 17.3. The lowest BCUT2D eigenvalue weighted by Crippen LogP contribution is -2.15. The van der Waals surface area contributed by atoms with Crippen LogP contribution in [0.4, 0.5) is 5.82 Å². The Labute approximate surface area is 127 Å². The summed E-state index contributed by atoms with van der Waals surface area (Å²) in [6.07, 6.45) is 4.12. The molecular weight excluding hydrogens is 284 g/mol. The van der Waals surface area contributed by atoms with E-state index in [9.17, 15) is 9.90 Å². The fraction of sp³-hybridized carbons (Fsp3) is 0.375. The number of rotatable bonds is 4. The van der Waals surface area contributed by atoms with Gasteiger partial charge in [0, 0.05) is 10.6 Å². The largest absolute Gasteiger partial charge is 0.478 e. The second-order valence-electron chi connectivity index (χ2n) is 5.38. The predicted octanol–water partition coefficient (Wildman–Crippen LogP) is 3.89. The number of carboxylic acid groups (broad SMARTS) is 1. The third kappa shape index (κ3) is 2.93. The first-order chi connectivity index (χ1) is 10.1. The van der Waals surface area contributed by atoms with Crippen LogP contribution in [0.15, 0.2) is 23.6 Å². The summed E-state index contributed by atoms with van der Waals surface area (Å²) in [6, 6.07) is 5.89. The number of hydrogen-bond donors (Lipinski definition) is 2. The van der Waals surface area contributed by atoms with Gasteiger partial charge in [0.1, 0.15) is 11.4 Å². The maximum Gasteiger partial charge on any atom is 0.339 e. The average molecular weight is 302 g/mol. The van der Waals surface area contributed by atoms with Gasteiger partial charge in [-0.1, -0.05) is 6.07 Å². The van der Waals surface area contributed by atoms with E-state index in [4.69, 9.17) is 0 Å². The molecule has 2 aromatic heterocycles. The Morgan fingerprint density at radius 1 is 1.43 bits per heavy atom. The van der Waals surface area contributed by atoms with Crippen LogP contribution >= 0.6 is 11.3 Å². The summed E-state index contributed by atoms with van der Waals surface area (Å²) < 4.78 is 0. The van der Waals surface area contributed by atoms with Crippen LogP contribution in [0.25, 0.3) is 0 Å². The molecule has 2 aromatic rings. The van der Waals surface area contributed by atoms with Crippen LogP contribution in [0.2, 0.25) is 0 Å². The molecule has 2 N–H and O–H groups in total. The van der Waals surface area contributed by atoms with Gasteiger partial charge in [-0.2, -0.15) is 0 Å². The zero-order valence-electron chi connectivity index (χ0n) is 11.9. The Hall–Kier alpha value is -1.88. The van der Waals surface area contributed by atoms with Gasteiger partial charge in [0.25, 0.3) is 0 Å². The number of carbonyl (C=O) groups is 1. The van der Waals surface area contributed by atoms with Gasteiger partial charge in [0.2, 0.25) is 0 Å². The van der Waals surface area contributed by atoms with Gasteiger partial charge in [-0.3, -0.25) is 0 Å². The van der Waals surface area contributed by atoms with Crippen LogP contribution in [-0.2, 0) is 12.8 Å². The van der Waals surface area contributed by atoms with Crippen molar-refractivity contribution in [3.8, 4) is 0 Å². The molecule has 0 amide bonds. The molecular formula is C16H18N2O2S. The molecule has 21 heavy (non-hydrogen) atoms. The minimum Gasteiger partial charge on any atom is -0.478 e. The number of hydrogen-bond acceptors (Lipinski definition) is 4. The van der Waals surface area contributed by atoms with Crippen molar-refractivity contribution in [1.82, 2.24) is 4.98 Å². The first kappa shape index (κ1) is 14.1. The maximum atomic E-state index is 11.5. The van der Waals surface area contributed by atoms with E-state index in [1.165, 1.54) is 4.88 Å². The minimum absolute atomic E-state index is 0.0530. The van der Waals surface area contributed by atoms with E-state index in [0.717, 1.165) is 36.9 Å². The zero-order chi connectivity index (χ0) is 14.8. The van der Waals surface area contributed by atoms with Crippen molar-refractivity contribution in [3.05, 3.63) is 45.3 Å². The quantitative estimate of drug-likeness (QED) is 0.899. The van der Waals surface area contributed by atoms with Gasteiger partial charge >= 0.3 is 5.97 Å². The van der Waals surface area contributed by atoms with Crippen molar-refractivity contribution in [2.45, 2.75) is 38.6 Å². The number of carboxylic acids is 1. The van der Waals surface area contributed by atoms with E-state index in [2.05, 4.69) is 10.3 Å². The number of aromatic nitrogens is 1. The number of aromatic carboxylic acids is 1. The van der Waals surface area contributed by atoms with Crippen LogP contribution in [0.5, 0.6) is 0 Å². The molecule has 5 heteroatoms. The van der Waals surface area contributed by atoms with Crippen LogP contribution < -0.4 is 5.32 Å². The molecule has 3 rings (SSSR count).